The number of nitrogen functional groups attached to an aromatic ring is 1. The fourth-order valence-electron chi connectivity index (χ4n) is 2.71. The van der Waals surface area contributed by atoms with E-state index in [-0.39, 0.29) is 5.84 Å². The number of amidine groups is 1. The van der Waals surface area contributed by atoms with Crippen molar-refractivity contribution in [2.45, 2.75) is 19.9 Å². The predicted molar refractivity (Wildman–Crippen MR) is 77.5 cm³/mol. The molecule has 0 amide bonds. The van der Waals surface area contributed by atoms with E-state index < -0.39 is 0 Å². The highest BCUT2D eigenvalue weighted by Crippen LogP contribution is 2.20. The molecular weight excluding hydrogens is 238 g/mol. The van der Waals surface area contributed by atoms with E-state index in [1.165, 1.54) is 17.5 Å². The minimum atomic E-state index is 0.135. The van der Waals surface area contributed by atoms with Crippen LogP contribution in [0.15, 0.2) is 18.2 Å². The van der Waals surface area contributed by atoms with Gasteiger partial charge in [0.05, 0.1) is 6.61 Å². The Kier molecular flexibility index (Phi) is 4.56. The number of benzene rings is 1. The molecule has 1 aromatic rings. The Balaban J connectivity index is 1.98. The molecule has 0 radical (unpaired) electrons. The molecule has 2 rings (SSSR count). The zero-order valence-corrected chi connectivity index (χ0v) is 11.8. The van der Waals surface area contributed by atoms with Crippen LogP contribution in [-0.2, 0) is 11.3 Å². The summed E-state index contributed by atoms with van der Waals surface area (Å²) in [5, 5.41) is 7.45. The van der Waals surface area contributed by atoms with Crippen LogP contribution in [0, 0.1) is 18.3 Å². The van der Waals surface area contributed by atoms with Gasteiger partial charge in [0.15, 0.2) is 0 Å². The number of hydrogen-bond donors (Lipinski definition) is 2. The molecule has 0 aliphatic carbocycles. The molecule has 19 heavy (non-hydrogen) atoms. The monoisotopic (exact) mass is 261 g/mol. The van der Waals surface area contributed by atoms with Crippen LogP contribution in [0.3, 0.4) is 0 Å². The third kappa shape index (κ3) is 3.55. The van der Waals surface area contributed by atoms with Crippen LogP contribution in [0.1, 0.15) is 23.1 Å². The van der Waals surface area contributed by atoms with E-state index in [1.54, 1.807) is 7.11 Å². The van der Waals surface area contributed by atoms with Crippen molar-refractivity contribution in [3.8, 4) is 0 Å². The van der Waals surface area contributed by atoms with Gasteiger partial charge in [0.1, 0.15) is 5.84 Å². The molecule has 4 nitrogen and oxygen atoms in total. The summed E-state index contributed by atoms with van der Waals surface area (Å²) >= 11 is 0. The van der Waals surface area contributed by atoms with E-state index in [2.05, 4.69) is 17.9 Å². The smallest absolute Gasteiger partial charge is 0.122 e. The van der Waals surface area contributed by atoms with E-state index in [4.69, 9.17) is 15.9 Å². The third-order valence-electron chi connectivity index (χ3n) is 3.82. The Bertz CT molecular complexity index is 459. The number of aryl methyl sites for hydroxylation is 1. The lowest BCUT2D eigenvalue weighted by molar-refractivity contribution is 0.152. The molecule has 0 aromatic heterocycles. The van der Waals surface area contributed by atoms with E-state index in [0.717, 1.165) is 31.8 Å². The van der Waals surface area contributed by atoms with Crippen molar-refractivity contribution in [3.63, 3.8) is 0 Å². The molecule has 1 unspecified atom stereocenters. The molecule has 4 heteroatoms. The number of nitrogens with one attached hydrogen (secondary N) is 1. The maximum Gasteiger partial charge on any atom is 0.122 e. The van der Waals surface area contributed by atoms with Gasteiger partial charge in [-0.1, -0.05) is 12.1 Å². The number of ether oxygens (including phenoxy) is 1. The number of nitrogens with zero attached hydrogens (tertiary/aromatic N) is 1. The SMILES string of the molecule is COCC1CCN(Cc2ccc(C(=N)N)cc2C)C1. The molecule has 1 aliphatic rings. The normalized spacial score (nSPS) is 19.8. The van der Waals surface area contributed by atoms with Crippen LogP contribution < -0.4 is 5.73 Å². The van der Waals surface area contributed by atoms with Crippen molar-refractivity contribution in [2.24, 2.45) is 11.7 Å². The van der Waals surface area contributed by atoms with Crippen molar-refractivity contribution in [2.75, 3.05) is 26.8 Å². The van der Waals surface area contributed by atoms with Gasteiger partial charge in [0.2, 0.25) is 0 Å². The Hall–Kier alpha value is -1.39. The van der Waals surface area contributed by atoms with Gasteiger partial charge in [0.25, 0.3) is 0 Å². The van der Waals surface area contributed by atoms with Gasteiger partial charge in [0, 0.05) is 25.8 Å². The second-order valence-electron chi connectivity index (χ2n) is 5.40. The van der Waals surface area contributed by atoms with Crippen LogP contribution in [0.25, 0.3) is 0 Å². The summed E-state index contributed by atoms with van der Waals surface area (Å²) in [6.45, 7) is 6.18. The first kappa shape index (κ1) is 14.0. The molecule has 0 saturated carbocycles. The first-order valence-corrected chi connectivity index (χ1v) is 6.75. The summed E-state index contributed by atoms with van der Waals surface area (Å²) in [4.78, 5) is 2.47. The minimum absolute atomic E-state index is 0.135. The molecule has 1 aromatic carbocycles. The van der Waals surface area contributed by atoms with Crippen molar-refractivity contribution < 1.29 is 4.74 Å². The lowest BCUT2D eigenvalue weighted by Crippen LogP contribution is -2.22. The van der Waals surface area contributed by atoms with E-state index in [9.17, 15) is 0 Å². The van der Waals surface area contributed by atoms with Crippen LogP contribution >= 0.6 is 0 Å². The summed E-state index contributed by atoms with van der Waals surface area (Å²) in [6.07, 6.45) is 1.22. The Morgan fingerprint density at radius 3 is 2.95 bits per heavy atom. The lowest BCUT2D eigenvalue weighted by atomic mass is 10.0. The largest absolute Gasteiger partial charge is 0.384 e. The molecule has 1 fully saturated rings. The molecule has 1 heterocycles. The first-order valence-electron chi connectivity index (χ1n) is 6.75. The van der Waals surface area contributed by atoms with Crippen molar-refractivity contribution in [3.05, 3.63) is 34.9 Å². The van der Waals surface area contributed by atoms with Gasteiger partial charge in [-0.15, -0.1) is 0 Å². The Morgan fingerprint density at radius 1 is 1.53 bits per heavy atom. The summed E-state index contributed by atoms with van der Waals surface area (Å²) in [5.74, 6) is 0.804. The van der Waals surface area contributed by atoms with Gasteiger partial charge in [-0.05, 0) is 43.0 Å². The summed E-state index contributed by atoms with van der Waals surface area (Å²) in [7, 11) is 1.77. The molecule has 3 N–H and O–H groups in total. The van der Waals surface area contributed by atoms with Crippen LogP contribution in [0.4, 0.5) is 0 Å². The van der Waals surface area contributed by atoms with Crippen molar-refractivity contribution in [1.29, 1.82) is 5.41 Å². The maximum atomic E-state index is 7.45. The molecule has 1 saturated heterocycles. The maximum absolute atomic E-state index is 7.45. The van der Waals surface area contributed by atoms with E-state index in [0.29, 0.717) is 5.92 Å². The van der Waals surface area contributed by atoms with Crippen LogP contribution in [-0.4, -0.2) is 37.5 Å². The lowest BCUT2D eigenvalue weighted by Gasteiger charge is -2.18. The molecule has 1 aliphatic heterocycles. The summed E-state index contributed by atoms with van der Waals surface area (Å²) < 4.78 is 5.23. The van der Waals surface area contributed by atoms with Gasteiger partial charge in [-0.2, -0.15) is 0 Å². The first-order chi connectivity index (χ1) is 9.10. The summed E-state index contributed by atoms with van der Waals surface area (Å²) in [5.41, 5.74) is 8.85. The highest BCUT2D eigenvalue weighted by atomic mass is 16.5. The van der Waals surface area contributed by atoms with Gasteiger partial charge < -0.3 is 10.5 Å². The zero-order chi connectivity index (χ0) is 13.8. The van der Waals surface area contributed by atoms with E-state index in [1.807, 2.05) is 12.1 Å². The molecule has 104 valence electrons. The Morgan fingerprint density at radius 2 is 2.32 bits per heavy atom. The third-order valence-corrected chi connectivity index (χ3v) is 3.82. The van der Waals surface area contributed by atoms with Crippen LogP contribution in [0.2, 0.25) is 0 Å². The zero-order valence-electron chi connectivity index (χ0n) is 11.8. The highest BCUT2D eigenvalue weighted by molar-refractivity contribution is 5.95. The van der Waals surface area contributed by atoms with Crippen molar-refractivity contribution >= 4 is 5.84 Å². The average Bonchev–Trinajstić information content (AvgIpc) is 2.79. The summed E-state index contributed by atoms with van der Waals surface area (Å²) in [6, 6.07) is 6.03. The predicted octanol–water partition coefficient (Wildman–Crippen LogP) is 1.75. The number of hydrogen-bond acceptors (Lipinski definition) is 3. The van der Waals surface area contributed by atoms with Crippen LogP contribution in [0.5, 0.6) is 0 Å². The number of methoxy groups -OCH3 is 1. The van der Waals surface area contributed by atoms with Gasteiger partial charge in [-0.25, -0.2) is 0 Å². The second-order valence-corrected chi connectivity index (χ2v) is 5.40. The minimum Gasteiger partial charge on any atom is -0.384 e. The van der Waals surface area contributed by atoms with Gasteiger partial charge >= 0.3 is 0 Å². The van der Waals surface area contributed by atoms with Gasteiger partial charge in [-0.3, -0.25) is 10.3 Å². The average molecular weight is 261 g/mol. The molecule has 0 spiro atoms. The quantitative estimate of drug-likeness (QED) is 0.627. The molecule has 1 atom stereocenters. The highest BCUT2D eigenvalue weighted by Gasteiger charge is 2.22. The molecule has 0 bridgehead atoms. The van der Waals surface area contributed by atoms with E-state index >= 15 is 0 Å². The fourth-order valence-corrected chi connectivity index (χ4v) is 2.71. The number of nitrogens with two attached hydrogens (primary N) is 1. The fraction of sp³-hybridized carbons (Fsp3) is 0.533. The Labute approximate surface area is 115 Å². The number of likely N-dealkylation sites (tertiary alicyclic amines) is 1. The number of rotatable bonds is 5. The molecular formula is C15H23N3O. The van der Waals surface area contributed by atoms with Crippen molar-refractivity contribution in [1.82, 2.24) is 4.90 Å². The second kappa shape index (κ2) is 6.17. The topological polar surface area (TPSA) is 62.3 Å². The standard InChI is InChI=1S/C15H23N3O/c1-11-7-13(15(16)17)3-4-14(11)9-18-6-5-12(8-18)10-19-2/h3-4,7,12H,5-6,8-10H2,1-2H3,(H3,16,17).